The van der Waals surface area contributed by atoms with Crippen molar-refractivity contribution in [1.82, 2.24) is 9.99 Å². The SMILES string of the molecule is C[C@@H](Oc1ccc(Cl)cc1Cl)C(=O)n1cc(C(=O)NN)c2ccccc21. The van der Waals surface area contributed by atoms with E-state index in [1.165, 1.54) is 16.8 Å². The normalized spacial score (nSPS) is 12.0. The molecule has 1 atom stereocenters. The Labute approximate surface area is 159 Å². The smallest absolute Gasteiger partial charge is 0.271 e. The van der Waals surface area contributed by atoms with Gasteiger partial charge in [0.1, 0.15) is 5.75 Å². The van der Waals surface area contributed by atoms with Crippen molar-refractivity contribution in [2.24, 2.45) is 5.84 Å². The van der Waals surface area contributed by atoms with Gasteiger partial charge in [0.25, 0.3) is 11.8 Å². The lowest BCUT2D eigenvalue weighted by Crippen LogP contribution is -2.30. The zero-order valence-electron chi connectivity index (χ0n) is 13.7. The van der Waals surface area contributed by atoms with Crippen LogP contribution in [0.25, 0.3) is 10.9 Å². The van der Waals surface area contributed by atoms with Gasteiger partial charge >= 0.3 is 0 Å². The number of nitrogens with two attached hydrogens (primary N) is 1. The van der Waals surface area contributed by atoms with Crippen LogP contribution in [0.1, 0.15) is 22.1 Å². The number of halogens is 2. The summed E-state index contributed by atoms with van der Waals surface area (Å²) >= 11 is 12.0. The van der Waals surface area contributed by atoms with Gasteiger partial charge in [-0.1, -0.05) is 41.4 Å². The third kappa shape index (κ3) is 3.39. The molecule has 3 aromatic rings. The first-order valence-electron chi connectivity index (χ1n) is 7.69. The van der Waals surface area contributed by atoms with Crippen molar-refractivity contribution in [3.63, 3.8) is 0 Å². The number of nitrogens with zero attached hydrogens (tertiary/aromatic N) is 1. The van der Waals surface area contributed by atoms with Crippen LogP contribution < -0.4 is 16.0 Å². The summed E-state index contributed by atoms with van der Waals surface area (Å²) in [5.41, 5.74) is 2.96. The van der Waals surface area contributed by atoms with E-state index in [1.54, 1.807) is 43.3 Å². The maximum Gasteiger partial charge on any atom is 0.271 e. The Morgan fingerprint density at radius 3 is 2.62 bits per heavy atom. The van der Waals surface area contributed by atoms with Gasteiger partial charge < -0.3 is 4.74 Å². The highest BCUT2D eigenvalue weighted by molar-refractivity contribution is 6.35. The Hall–Kier alpha value is -2.54. The highest BCUT2D eigenvalue weighted by atomic mass is 35.5. The summed E-state index contributed by atoms with van der Waals surface area (Å²) in [5.74, 6) is 4.73. The van der Waals surface area contributed by atoms with Gasteiger partial charge in [0.2, 0.25) is 0 Å². The summed E-state index contributed by atoms with van der Waals surface area (Å²) in [6.07, 6.45) is 0.594. The van der Waals surface area contributed by atoms with Crippen LogP contribution in [0.15, 0.2) is 48.7 Å². The van der Waals surface area contributed by atoms with Gasteiger partial charge in [-0.3, -0.25) is 19.6 Å². The van der Waals surface area contributed by atoms with E-state index in [-0.39, 0.29) is 5.91 Å². The van der Waals surface area contributed by atoms with Crippen LogP contribution in [0.5, 0.6) is 5.75 Å². The molecule has 8 heteroatoms. The summed E-state index contributed by atoms with van der Waals surface area (Å²) in [5, 5.41) is 1.38. The first-order valence-corrected chi connectivity index (χ1v) is 8.45. The second kappa shape index (κ2) is 7.37. The van der Waals surface area contributed by atoms with E-state index in [0.717, 1.165) is 0 Å². The van der Waals surface area contributed by atoms with E-state index >= 15 is 0 Å². The second-order valence-electron chi connectivity index (χ2n) is 5.58. The molecule has 1 amide bonds. The lowest BCUT2D eigenvalue weighted by molar-refractivity contribution is 0.0734. The molecule has 0 saturated heterocycles. The Morgan fingerprint density at radius 1 is 1.19 bits per heavy atom. The van der Waals surface area contributed by atoms with E-state index < -0.39 is 12.0 Å². The molecule has 0 aliphatic rings. The fraction of sp³-hybridized carbons (Fsp3) is 0.111. The summed E-state index contributed by atoms with van der Waals surface area (Å²) in [6, 6.07) is 11.8. The highest BCUT2D eigenvalue weighted by Crippen LogP contribution is 2.29. The summed E-state index contributed by atoms with van der Waals surface area (Å²) in [7, 11) is 0. The van der Waals surface area contributed by atoms with Crippen LogP contribution in [0.4, 0.5) is 0 Å². The molecule has 3 N–H and O–H groups in total. The Balaban J connectivity index is 1.95. The molecule has 0 radical (unpaired) electrons. The van der Waals surface area contributed by atoms with Crippen molar-refractivity contribution >= 4 is 45.9 Å². The van der Waals surface area contributed by atoms with Crippen molar-refractivity contribution < 1.29 is 14.3 Å². The molecule has 0 spiro atoms. The summed E-state index contributed by atoms with van der Waals surface area (Å²) < 4.78 is 7.04. The van der Waals surface area contributed by atoms with Crippen LogP contribution >= 0.6 is 23.2 Å². The number of nitrogen functional groups attached to an aromatic ring is 1. The van der Waals surface area contributed by atoms with E-state index in [4.69, 9.17) is 33.8 Å². The number of para-hydroxylation sites is 1. The fourth-order valence-corrected chi connectivity index (χ4v) is 3.08. The molecule has 6 nitrogen and oxygen atoms in total. The molecule has 134 valence electrons. The highest BCUT2D eigenvalue weighted by Gasteiger charge is 2.23. The molecule has 0 aliphatic heterocycles. The summed E-state index contributed by atoms with van der Waals surface area (Å²) in [4.78, 5) is 24.9. The predicted molar refractivity (Wildman–Crippen MR) is 101 cm³/mol. The zero-order valence-corrected chi connectivity index (χ0v) is 15.2. The number of carbonyl (C=O) groups is 2. The third-order valence-electron chi connectivity index (χ3n) is 3.87. The van der Waals surface area contributed by atoms with Crippen LogP contribution in [0.3, 0.4) is 0 Å². The third-order valence-corrected chi connectivity index (χ3v) is 4.40. The standard InChI is InChI=1S/C18H15Cl2N3O3/c1-10(26-16-7-6-11(19)8-14(16)20)18(25)23-9-13(17(24)22-21)12-4-2-3-5-15(12)23/h2-10H,21H2,1H3,(H,22,24)/t10-/m1/s1. The summed E-state index contributed by atoms with van der Waals surface area (Å²) in [6.45, 7) is 1.60. The largest absolute Gasteiger partial charge is 0.479 e. The van der Waals surface area contributed by atoms with Crippen LogP contribution in [0, 0.1) is 0 Å². The maximum atomic E-state index is 12.9. The minimum Gasteiger partial charge on any atom is -0.479 e. The topological polar surface area (TPSA) is 86.3 Å². The number of hydrogen-bond donors (Lipinski definition) is 2. The van der Waals surface area contributed by atoms with Gasteiger partial charge in [-0.05, 0) is 31.2 Å². The molecule has 0 aliphatic carbocycles. The van der Waals surface area contributed by atoms with E-state index in [1.807, 2.05) is 0 Å². The Kier molecular flexibility index (Phi) is 5.18. The van der Waals surface area contributed by atoms with Crippen molar-refractivity contribution in [2.45, 2.75) is 13.0 Å². The number of fused-ring (bicyclic) bond motifs is 1. The number of aromatic nitrogens is 1. The van der Waals surface area contributed by atoms with Gasteiger partial charge in [0, 0.05) is 16.6 Å². The molecule has 0 saturated carbocycles. The Bertz CT molecular complexity index is 1000. The quantitative estimate of drug-likeness (QED) is 0.403. The fourth-order valence-electron chi connectivity index (χ4n) is 2.63. The van der Waals surface area contributed by atoms with Crippen molar-refractivity contribution in [2.75, 3.05) is 0 Å². The number of benzene rings is 2. The molecular weight excluding hydrogens is 377 g/mol. The average molecular weight is 392 g/mol. The monoisotopic (exact) mass is 391 g/mol. The zero-order chi connectivity index (χ0) is 18.8. The molecule has 0 fully saturated rings. The van der Waals surface area contributed by atoms with Crippen LogP contribution in [-0.4, -0.2) is 22.5 Å². The molecule has 0 bridgehead atoms. The van der Waals surface area contributed by atoms with Crippen LogP contribution in [0.2, 0.25) is 10.0 Å². The molecular formula is C18H15Cl2N3O3. The number of amides is 1. The minimum atomic E-state index is -0.849. The molecule has 3 rings (SSSR count). The van der Waals surface area contributed by atoms with Gasteiger partial charge in [-0.15, -0.1) is 0 Å². The van der Waals surface area contributed by atoms with Gasteiger partial charge in [-0.25, -0.2) is 5.84 Å². The van der Waals surface area contributed by atoms with Crippen molar-refractivity contribution in [1.29, 1.82) is 0 Å². The second-order valence-corrected chi connectivity index (χ2v) is 6.42. The number of nitrogens with one attached hydrogen (secondary N) is 1. The lowest BCUT2D eigenvalue weighted by Gasteiger charge is -2.15. The van der Waals surface area contributed by atoms with Crippen molar-refractivity contribution in [3.8, 4) is 5.75 Å². The number of hydrogen-bond acceptors (Lipinski definition) is 4. The molecule has 1 aromatic heterocycles. The first kappa shape index (κ1) is 18.3. The first-order chi connectivity index (χ1) is 12.4. The average Bonchev–Trinajstić information content (AvgIpc) is 3.02. The molecule has 1 heterocycles. The molecule has 0 unspecified atom stereocenters. The minimum absolute atomic E-state index is 0.299. The predicted octanol–water partition coefficient (Wildman–Crippen LogP) is 3.66. The van der Waals surface area contributed by atoms with E-state index in [9.17, 15) is 9.59 Å². The number of rotatable bonds is 4. The van der Waals surface area contributed by atoms with E-state index in [0.29, 0.717) is 32.3 Å². The van der Waals surface area contributed by atoms with Gasteiger partial charge in [-0.2, -0.15) is 0 Å². The van der Waals surface area contributed by atoms with E-state index in [2.05, 4.69) is 5.43 Å². The van der Waals surface area contributed by atoms with Gasteiger partial charge in [0.15, 0.2) is 6.10 Å². The number of carbonyl (C=O) groups excluding carboxylic acids is 2. The Morgan fingerprint density at radius 2 is 1.92 bits per heavy atom. The number of ether oxygens (including phenoxy) is 1. The molecule has 26 heavy (non-hydrogen) atoms. The van der Waals surface area contributed by atoms with Crippen LogP contribution in [-0.2, 0) is 0 Å². The number of hydrazine groups is 1. The molecule has 2 aromatic carbocycles. The lowest BCUT2D eigenvalue weighted by atomic mass is 10.2. The van der Waals surface area contributed by atoms with Crippen molar-refractivity contribution in [3.05, 3.63) is 64.3 Å². The maximum absolute atomic E-state index is 12.9. The van der Waals surface area contributed by atoms with Gasteiger partial charge in [0.05, 0.1) is 16.1 Å².